The van der Waals surface area contributed by atoms with Crippen LogP contribution in [-0.2, 0) is 9.59 Å². The number of nitrogens with zero attached hydrogens (tertiary/aromatic N) is 2. The third-order valence-corrected chi connectivity index (χ3v) is 2.63. The van der Waals surface area contributed by atoms with Gasteiger partial charge in [0.25, 0.3) is 0 Å². The minimum absolute atomic E-state index is 0.0692. The number of amides is 1. The Labute approximate surface area is 103 Å². The number of anilines is 1. The van der Waals surface area contributed by atoms with Crippen LogP contribution in [0.15, 0.2) is 11.6 Å². The smallest absolute Gasteiger partial charge is 0.317 e. The third-order valence-electron chi connectivity index (χ3n) is 1.94. The molecule has 17 heavy (non-hydrogen) atoms. The first kappa shape index (κ1) is 13.6. The summed E-state index contributed by atoms with van der Waals surface area (Å²) in [6, 6.07) is 0. The maximum absolute atomic E-state index is 11.6. The summed E-state index contributed by atoms with van der Waals surface area (Å²) >= 11 is 1.33. The Kier molecular flexibility index (Phi) is 5.58. The molecule has 0 bridgehead atoms. The second-order valence-electron chi connectivity index (χ2n) is 3.49. The molecule has 0 saturated heterocycles. The molecule has 94 valence electrons. The molecule has 0 aliphatic carbocycles. The van der Waals surface area contributed by atoms with Gasteiger partial charge in [0.05, 0.1) is 13.1 Å². The maximum Gasteiger partial charge on any atom is 0.317 e. The molecule has 0 spiro atoms. The summed E-state index contributed by atoms with van der Waals surface area (Å²) in [5.41, 5.74) is 0. The van der Waals surface area contributed by atoms with Crippen molar-refractivity contribution >= 4 is 28.3 Å². The Balaban J connectivity index is 2.43. The van der Waals surface area contributed by atoms with Crippen molar-refractivity contribution in [2.24, 2.45) is 0 Å². The standard InChI is InChI=1S/C10H15N3O3S/c1-2-4-13(7-9(15)16)6-8(14)12-10-11-3-5-17-10/h3,5H,2,4,6-7H2,1H3,(H,15,16)(H,11,12,14). The van der Waals surface area contributed by atoms with Crippen LogP contribution in [0.4, 0.5) is 5.13 Å². The number of aromatic nitrogens is 1. The number of rotatable bonds is 7. The molecule has 0 aliphatic rings. The highest BCUT2D eigenvalue weighted by Crippen LogP contribution is 2.09. The Bertz CT molecular complexity index is 367. The molecule has 0 fully saturated rings. The molecule has 7 heteroatoms. The molecule has 1 aromatic rings. The molecular formula is C10H15N3O3S. The second kappa shape index (κ2) is 6.97. The van der Waals surface area contributed by atoms with Crippen LogP contribution in [0.25, 0.3) is 0 Å². The van der Waals surface area contributed by atoms with Crippen LogP contribution in [-0.4, -0.2) is 46.5 Å². The average Bonchev–Trinajstić information content (AvgIpc) is 2.69. The monoisotopic (exact) mass is 257 g/mol. The van der Waals surface area contributed by atoms with Gasteiger partial charge in [-0.1, -0.05) is 6.92 Å². The molecule has 6 nitrogen and oxygen atoms in total. The molecule has 0 saturated carbocycles. The predicted molar refractivity (Wildman–Crippen MR) is 65.1 cm³/mol. The number of aliphatic carboxylic acids is 1. The molecule has 1 amide bonds. The van der Waals surface area contributed by atoms with Crippen LogP contribution >= 0.6 is 11.3 Å². The number of carboxylic acids is 1. The number of carbonyl (C=O) groups excluding carboxylic acids is 1. The van der Waals surface area contributed by atoms with E-state index in [9.17, 15) is 9.59 Å². The summed E-state index contributed by atoms with van der Waals surface area (Å²) < 4.78 is 0. The fourth-order valence-electron chi connectivity index (χ4n) is 1.37. The Hall–Kier alpha value is -1.47. The first-order valence-corrected chi connectivity index (χ1v) is 6.13. The zero-order valence-electron chi connectivity index (χ0n) is 9.55. The molecule has 0 atom stereocenters. The van der Waals surface area contributed by atoms with Crippen molar-refractivity contribution in [1.82, 2.24) is 9.88 Å². The van der Waals surface area contributed by atoms with Crippen LogP contribution in [0, 0.1) is 0 Å². The quantitative estimate of drug-likeness (QED) is 0.757. The largest absolute Gasteiger partial charge is 0.480 e. The van der Waals surface area contributed by atoms with E-state index < -0.39 is 5.97 Å². The van der Waals surface area contributed by atoms with Gasteiger partial charge in [0.1, 0.15) is 0 Å². The van der Waals surface area contributed by atoms with E-state index in [0.717, 1.165) is 6.42 Å². The van der Waals surface area contributed by atoms with Crippen molar-refractivity contribution in [3.8, 4) is 0 Å². The number of nitrogens with one attached hydrogen (secondary N) is 1. The van der Waals surface area contributed by atoms with Crippen molar-refractivity contribution in [1.29, 1.82) is 0 Å². The molecule has 0 unspecified atom stereocenters. The van der Waals surface area contributed by atoms with E-state index in [2.05, 4.69) is 10.3 Å². The summed E-state index contributed by atoms with van der Waals surface area (Å²) in [5.74, 6) is -1.17. The Morgan fingerprint density at radius 3 is 2.82 bits per heavy atom. The molecule has 1 heterocycles. The maximum atomic E-state index is 11.6. The van der Waals surface area contributed by atoms with Crippen molar-refractivity contribution in [3.63, 3.8) is 0 Å². The van der Waals surface area contributed by atoms with Gasteiger partial charge in [0.2, 0.25) is 5.91 Å². The Morgan fingerprint density at radius 2 is 2.29 bits per heavy atom. The molecule has 2 N–H and O–H groups in total. The summed E-state index contributed by atoms with van der Waals surface area (Å²) in [7, 11) is 0. The fourth-order valence-corrected chi connectivity index (χ4v) is 1.91. The normalized spacial score (nSPS) is 10.5. The highest BCUT2D eigenvalue weighted by Gasteiger charge is 2.13. The van der Waals surface area contributed by atoms with Gasteiger partial charge in [-0.3, -0.25) is 14.5 Å². The number of carboxylic acid groups (broad SMARTS) is 1. The van der Waals surface area contributed by atoms with Crippen molar-refractivity contribution in [2.75, 3.05) is 25.0 Å². The van der Waals surface area contributed by atoms with E-state index in [1.54, 1.807) is 16.5 Å². The highest BCUT2D eigenvalue weighted by molar-refractivity contribution is 7.13. The van der Waals surface area contributed by atoms with Gasteiger partial charge in [-0.25, -0.2) is 4.98 Å². The third kappa shape index (κ3) is 5.41. The van der Waals surface area contributed by atoms with Crippen molar-refractivity contribution < 1.29 is 14.7 Å². The summed E-state index contributed by atoms with van der Waals surface area (Å²) in [6.07, 6.45) is 2.40. The zero-order valence-corrected chi connectivity index (χ0v) is 10.4. The minimum atomic E-state index is -0.930. The first-order chi connectivity index (χ1) is 8.11. The topological polar surface area (TPSA) is 82.5 Å². The zero-order chi connectivity index (χ0) is 12.7. The number of thiazole rings is 1. The Morgan fingerprint density at radius 1 is 1.53 bits per heavy atom. The van der Waals surface area contributed by atoms with Gasteiger partial charge in [-0.05, 0) is 13.0 Å². The average molecular weight is 257 g/mol. The minimum Gasteiger partial charge on any atom is -0.480 e. The van der Waals surface area contributed by atoms with E-state index >= 15 is 0 Å². The van der Waals surface area contributed by atoms with Gasteiger partial charge in [0.15, 0.2) is 5.13 Å². The van der Waals surface area contributed by atoms with Crippen LogP contribution in [0.1, 0.15) is 13.3 Å². The van der Waals surface area contributed by atoms with E-state index in [1.165, 1.54) is 11.3 Å². The van der Waals surface area contributed by atoms with Crippen LogP contribution in [0.2, 0.25) is 0 Å². The first-order valence-electron chi connectivity index (χ1n) is 5.25. The molecule has 1 aromatic heterocycles. The van der Waals surface area contributed by atoms with Gasteiger partial charge < -0.3 is 10.4 Å². The van der Waals surface area contributed by atoms with Crippen LogP contribution < -0.4 is 5.32 Å². The van der Waals surface area contributed by atoms with E-state index in [4.69, 9.17) is 5.11 Å². The van der Waals surface area contributed by atoms with E-state index in [0.29, 0.717) is 11.7 Å². The molecule has 0 radical (unpaired) electrons. The molecule has 0 aliphatic heterocycles. The summed E-state index contributed by atoms with van der Waals surface area (Å²) in [5, 5.41) is 13.6. The van der Waals surface area contributed by atoms with Crippen LogP contribution in [0.3, 0.4) is 0 Å². The number of hydrogen-bond donors (Lipinski definition) is 2. The lowest BCUT2D eigenvalue weighted by molar-refractivity contribution is -0.138. The highest BCUT2D eigenvalue weighted by atomic mass is 32.1. The van der Waals surface area contributed by atoms with Gasteiger partial charge >= 0.3 is 5.97 Å². The molecule has 0 aromatic carbocycles. The fraction of sp³-hybridized carbons (Fsp3) is 0.500. The van der Waals surface area contributed by atoms with Crippen LogP contribution in [0.5, 0.6) is 0 Å². The number of carbonyl (C=O) groups is 2. The van der Waals surface area contributed by atoms with Gasteiger partial charge in [-0.15, -0.1) is 11.3 Å². The summed E-state index contributed by atoms with van der Waals surface area (Å²) in [4.78, 5) is 27.7. The van der Waals surface area contributed by atoms with Gasteiger partial charge in [-0.2, -0.15) is 0 Å². The second-order valence-corrected chi connectivity index (χ2v) is 4.38. The SMILES string of the molecule is CCCN(CC(=O)O)CC(=O)Nc1nccs1. The number of hydrogen-bond acceptors (Lipinski definition) is 5. The van der Waals surface area contributed by atoms with Crippen molar-refractivity contribution in [3.05, 3.63) is 11.6 Å². The predicted octanol–water partition coefficient (Wildman–Crippen LogP) is 0.878. The lowest BCUT2D eigenvalue weighted by Gasteiger charge is -2.18. The van der Waals surface area contributed by atoms with Crippen molar-refractivity contribution in [2.45, 2.75) is 13.3 Å². The lowest BCUT2D eigenvalue weighted by Crippen LogP contribution is -2.37. The van der Waals surface area contributed by atoms with Gasteiger partial charge in [0, 0.05) is 11.6 Å². The molecular weight excluding hydrogens is 242 g/mol. The molecule has 1 rings (SSSR count). The summed E-state index contributed by atoms with van der Waals surface area (Å²) in [6.45, 7) is 2.46. The van der Waals surface area contributed by atoms with E-state index in [1.807, 2.05) is 6.92 Å². The van der Waals surface area contributed by atoms with E-state index in [-0.39, 0.29) is 19.0 Å². The lowest BCUT2D eigenvalue weighted by atomic mass is 10.4.